The van der Waals surface area contributed by atoms with E-state index in [1.165, 1.54) is 16.8 Å². The van der Waals surface area contributed by atoms with E-state index >= 15 is 0 Å². The SMILES string of the molecule is Nc1ncnc2c1ccn2C1OC(COP(=O)(O)OS(=O)(=O)O)C(OP(=O)(O)O)C1O. The van der Waals surface area contributed by atoms with Crippen molar-refractivity contribution in [2.75, 3.05) is 12.3 Å². The van der Waals surface area contributed by atoms with Crippen molar-refractivity contribution in [3.8, 4) is 0 Å². The highest BCUT2D eigenvalue weighted by Gasteiger charge is 2.49. The van der Waals surface area contributed by atoms with Gasteiger partial charge in [-0.3, -0.25) is 13.6 Å². The summed E-state index contributed by atoms with van der Waals surface area (Å²) in [5, 5.41) is 10.9. The molecule has 5 atom stereocenters. The molecule has 1 aliphatic heterocycles. The number of anilines is 1. The van der Waals surface area contributed by atoms with Crippen LogP contribution in [0.1, 0.15) is 6.23 Å². The Bertz CT molecular complexity index is 1170. The lowest BCUT2D eigenvalue weighted by Gasteiger charge is -2.21. The number of nitrogens with zero attached hydrogens (tertiary/aromatic N) is 3. The quantitative estimate of drug-likeness (QED) is 0.179. The van der Waals surface area contributed by atoms with Crippen LogP contribution in [-0.2, 0) is 37.3 Å². The number of nitrogens with two attached hydrogens (primary N) is 1. The summed E-state index contributed by atoms with van der Waals surface area (Å²) in [6.07, 6.45) is -4.09. The van der Waals surface area contributed by atoms with E-state index in [9.17, 15) is 27.5 Å². The van der Waals surface area contributed by atoms with Gasteiger partial charge in [-0.15, -0.1) is 3.97 Å². The van der Waals surface area contributed by atoms with E-state index in [0.717, 1.165) is 6.33 Å². The number of hydrogen-bond acceptors (Lipinski definition) is 12. The van der Waals surface area contributed by atoms with Gasteiger partial charge in [0.1, 0.15) is 36.1 Å². The monoisotopic (exact) mass is 506 g/mol. The summed E-state index contributed by atoms with van der Waals surface area (Å²) in [5.41, 5.74) is 5.91. The zero-order valence-corrected chi connectivity index (χ0v) is 17.6. The van der Waals surface area contributed by atoms with E-state index in [1.807, 2.05) is 0 Å². The predicted octanol–water partition coefficient (Wildman–Crippen LogP) is -1.31. The molecule has 1 aliphatic rings. The molecule has 7 N–H and O–H groups in total. The van der Waals surface area contributed by atoms with Crippen molar-refractivity contribution in [1.29, 1.82) is 0 Å². The number of nitrogen functional groups attached to an aromatic ring is 1. The van der Waals surface area contributed by atoms with Gasteiger partial charge in [0.05, 0.1) is 12.0 Å². The molecular formula is C11H16N4O13P2S. The number of aliphatic hydroxyl groups is 1. The Balaban J connectivity index is 1.88. The molecule has 0 saturated carbocycles. The molecule has 0 spiro atoms. The van der Waals surface area contributed by atoms with Gasteiger partial charge in [0.2, 0.25) is 0 Å². The van der Waals surface area contributed by atoms with Crippen LogP contribution < -0.4 is 5.73 Å². The molecule has 3 rings (SSSR count). The molecule has 0 aliphatic carbocycles. The number of aliphatic hydroxyl groups excluding tert-OH is 1. The lowest BCUT2D eigenvalue weighted by atomic mass is 10.1. The van der Waals surface area contributed by atoms with Crippen molar-refractivity contribution in [3.63, 3.8) is 0 Å². The minimum absolute atomic E-state index is 0.0997. The first-order chi connectivity index (χ1) is 14.2. The standard InChI is InChI=1S/C11H16N4O13P2S/c12-9-5-1-2-15(10(5)14-4-13-9)11-7(16)8(27-29(17,18)19)6(26-11)3-25-30(20,21)28-31(22,23)24/h1-2,4,6-8,11,16H,3H2,(H,20,21)(H2,12,13,14)(H2,17,18,19)(H,22,23,24). The maximum Gasteiger partial charge on any atom is 0.488 e. The second-order valence-corrected chi connectivity index (χ2v) is 9.94. The number of aromatic nitrogens is 3. The lowest BCUT2D eigenvalue weighted by molar-refractivity contribution is -0.0497. The Morgan fingerprint density at radius 2 is 1.94 bits per heavy atom. The number of hydrogen-bond donors (Lipinski definition) is 6. The minimum atomic E-state index is -5.38. The summed E-state index contributed by atoms with van der Waals surface area (Å²) < 4.78 is 71.7. The minimum Gasteiger partial charge on any atom is -0.386 e. The van der Waals surface area contributed by atoms with E-state index in [2.05, 4.69) is 23.0 Å². The molecule has 20 heteroatoms. The lowest BCUT2D eigenvalue weighted by Crippen LogP contribution is -2.35. The van der Waals surface area contributed by atoms with Crippen molar-refractivity contribution in [2.45, 2.75) is 24.5 Å². The number of fused-ring (bicyclic) bond motifs is 1. The highest BCUT2D eigenvalue weighted by atomic mass is 32.3. The normalized spacial score (nSPS) is 26.9. The highest BCUT2D eigenvalue weighted by molar-refractivity contribution is 7.85. The van der Waals surface area contributed by atoms with Crippen molar-refractivity contribution in [3.05, 3.63) is 18.6 Å². The average molecular weight is 506 g/mol. The maximum atomic E-state index is 11.6. The van der Waals surface area contributed by atoms with Gasteiger partial charge in [0.15, 0.2) is 6.23 Å². The third-order valence-corrected chi connectivity index (χ3v) is 6.47. The molecule has 0 radical (unpaired) electrons. The molecule has 0 bridgehead atoms. The fourth-order valence-corrected chi connectivity index (χ4v) is 4.91. The van der Waals surface area contributed by atoms with Crippen LogP contribution in [0.2, 0.25) is 0 Å². The average Bonchev–Trinajstić information content (AvgIpc) is 3.13. The zero-order valence-electron chi connectivity index (χ0n) is 15.0. The Labute approximate surface area is 173 Å². The van der Waals surface area contributed by atoms with Crippen LogP contribution in [0, 0.1) is 0 Å². The van der Waals surface area contributed by atoms with E-state index in [1.54, 1.807) is 0 Å². The van der Waals surface area contributed by atoms with Gasteiger partial charge in [0.25, 0.3) is 0 Å². The van der Waals surface area contributed by atoms with E-state index < -0.39 is 57.2 Å². The molecule has 0 aromatic carbocycles. The molecule has 1 saturated heterocycles. The third-order valence-electron chi connectivity index (χ3n) is 3.97. The van der Waals surface area contributed by atoms with Gasteiger partial charge < -0.3 is 34.8 Å². The van der Waals surface area contributed by atoms with Crippen molar-refractivity contribution >= 4 is 42.9 Å². The van der Waals surface area contributed by atoms with E-state index in [-0.39, 0.29) is 11.5 Å². The number of rotatable bonds is 8. The summed E-state index contributed by atoms with van der Waals surface area (Å²) in [6, 6.07) is 1.48. The van der Waals surface area contributed by atoms with Gasteiger partial charge in [-0.1, -0.05) is 0 Å². The van der Waals surface area contributed by atoms with Crippen LogP contribution in [0.5, 0.6) is 0 Å². The summed E-state index contributed by atoms with van der Waals surface area (Å²) in [5.74, 6) is 0.0997. The van der Waals surface area contributed by atoms with Gasteiger partial charge >= 0.3 is 26.0 Å². The topological polar surface area (TPSA) is 263 Å². The number of ether oxygens (including phenoxy) is 1. The van der Waals surface area contributed by atoms with Crippen LogP contribution in [-0.4, -0.2) is 72.2 Å². The molecule has 3 heterocycles. The highest BCUT2D eigenvalue weighted by Crippen LogP contribution is 2.48. The zero-order chi connectivity index (χ0) is 23.2. The second-order valence-electron chi connectivity index (χ2n) is 6.10. The van der Waals surface area contributed by atoms with Crippen LogP contribution in [0.3, 0.4) is 0 Å². The third kappa shape index (κ3) is 5.83. The molecule has 17 nitrogen and oxygen atoms in total. The smallest absolute Gasteiger partial charge is 0.386 e. The van der Waals surface area contributed by atoms with Gasteiger partial charge in [0, 0.05) is 6.20 Å². The molecular weight excluding hydrogens is 490 g/mol. The maximum absolute atomic E-state index is 11.6. The van der Waals surface area contributed by atoms with Crippen LogP contribution in [0.25, 0.3) is 11.0 Å². The van der Waals surface area contributed by atoms with Crippen LogP contribution >= 0.6 is 15.6 Å². The first-order valence-corrected chi connectivity index (χ1v) is 12.4. The Morgan fingerprint density at radius 1 is 1.26 bits per heavy atom. The Morgan fingerprint density at radius 3 is 2.55 bits per heavy atom. The largest absolute Gasteiger partial charge is 0.488 e. The fourth-order valence-electron chi connectivity index (χ4n) is 2.88. The first kappa shape index (κ1) is 24.1. The molecule has 1 fully saturated rings. The molecule has 174 valence electrons. The van der Waals surface area contributed by atoms with Gasteiger partial charge in [-0.25, -0.2) is 19.1 Å². The second kappa shape index (κ2) is 8.43. The summed E-state index contributed by atoms with van der Waals surface area (Å²) in [6.45, 7) is -1.04. The van der Waals surface area contributed by atoms with Crippen LogP contribution in [0.15, 0.2) is 18.6 Å². The van der Waals surface area contributed by atoms with Crippen LogP contribution in [0.4, 0.5) is 5.82 Å². The van der Waals surface area contributed by atoms with Gasteiger partial charge in [-0.05, 0) is 6.07 Å². The number of phosphoric acid groups is 2. The summed E-state index contributed by atoms with van der Waals surface area (Å²) in [4.78, 5) is 35.3. The van der Waals surface area contributed by atoms with E-state index in [4.69, 9.17) is 24.8 Å². The Kier molecular flexibility index (Phi) is 6.56. The van der Waals surface area contributed by atoms with Gasteiger partial charge in [-0.2, -0.15) is 8.42 Å². The Hall–Kier alpha value is -1.53. The summed E-state index contributed by atoms with van der Waals surface area (Å²) in [7, 11) is -15.9. The first-order valence-electron chi connectivity index (χ1n) is 7.97. The molecule has 2 aromatic heterocycles. The van der Waals surface area contributed by atoms with Crippen molar-refractivity contribution in [2.24, 2.45) is 0 Å². The van der Waals surface area contributed by atoms with Crippen molar-refractivity contribution in [1.82, 2.24) is 14.5 Å². The molecule has 31 heavy (non-hydrogen) atoms. The summed E-state index contributed by atoms with van der Waals surface area (Å²) >= 11 is 0. The number of phosphoric ester groups is 2. The van der Waals surface area contributed by atoms with Crippen molar-refractivity contribution < 1.29 is 59.6 Å². The molecule has 0 amide bonds. The molecule has 2 aromatic rings. The fraction of sp³-hybridized carbons (Fsp3) is 0.455. The molecule has 5 unspecified atom stereocenters. The van der Waals surface area contributed by atoms with E-state index in [0.29, 0.717) is 5.39 Å². The predicted molar refractivity (Wildman–Crippen MR) is 97.2 cm³/mol.